The summed E-state index contributed by atoms with van der Waals surface area (Å²) in [7, 11) is -2.33. The number of likely N-dealkylation sites (N-methyl/N-ethyl adjacent to an activating group) is 1. The predicted octanol–water partition coefficient (Wildman–Crippen LogP) is 1.54. The van der Waals surface area contributed by atoms with Crippen LogP contribution in [0.4, 0.5) is 18.9 Å². The molecule has 112 valence electrons. The van der Waals surface area contributed by atoms with Gasteiger partial charge in [0.05, 0.1) is 18.4 Å². The van der Waals surface area contributed by atoms with Crippen LogP contribution in [0.2, 0.25) is 0 Å². The van der Waals surface area contributed by atoms with E-state index in [2.05, 4.69) is 5.32 Å². The molecule has 1 aromatic rings. The van der Waals surface area contributed by atoms with Gasteiger partial charge in [-0.3, -0.25) is 4.79 Å². The Kier molecular flexibility index (Phi) is 4.77. The van der Waals surface area contributed by atoms with E-state index >= 15 is 0 Å². The summed E-state index contributed by atoms with van der Waals surface area (Å²) in [6, 6.07) is 4.09. The zero-order valence-electron chi connectivity index (χ0n) is 10.7. The molecule has 5 nitrogen and oxygen atoms in total. The number of carbonyl (C=O) groups excluding carboxylic acids is 1. The second-order valence-corrected chi connectivity index (χ2v) is 6.24. The fourth-order valence-corrected chi connectivity index (χ4v) is 1.65. The maximum absolute atomic E-state index is 12.5. The van der Waals surface area contributed by atoms with Gasteiger partial charge in [0.2, 0.25) is 15.9 Å². The Bertz CT molecular complexity index is 599. The summed E-state index contributed by atoms with van der Waals surface area (Å²) < 4.78 is 60.4. The molecule has 0 atom stereocenters. The summed E-state index contributed by atoms with van der Waals surface area (Å²) in [4.78, 5) is 11.5. The molecule has 20 heavy (non-hydrogen) atoms. The highest BCUT2D eigenvalue weighted by molar-refractivity contribution is 7.88. The summed E-state index contributed by atoms with van der Waals surface area (Å²) in [5, 5.41) is 2.21. The highest BCUT2D eigenvalue weighted by atomic mass is 32.2. The van der Waals surface area contributed by atoms with Crippen LogP contribution in [0.15, 0.2) is 24.3 Å². The number of hydrogen-bond acceptors (Lipinski definition) is 3. The van der Waals surface area contributed by atoms with E-state index in [1.807, 2.05) is 0 Å². The lowest BCUT2D eigenvalue weighted by Crippen LogP contribution is -2.34. The number of amides is 1. The third-order valence-electron chi connectivity index (χ3n) is 2.41. The van der Waals surface area contributed by atoms with Crippen molar-refractivity contribution in [3.63, 3.8) is 0 Å². The standard InChI is InChI=1S/C11H13F3N2O3S/c1-16(20(2,18)19)7-10(17)15-9-5-3-4-8(6-9)11(12,13)14/h3-6H,7H2,1-2H3,(H,15,17). The Morgan fingerprint density at radius 2 is 1.95 bits per heavy atom. The van der Waals surface area contributed by atoms with Crippen molar-refractivity contribution in [2.75, 3.05) is 25.2 Å². The van der Waals surface area contributed by atoms with Crippen LogP contribution in [0.25, 0.3) is 0 Å². The molecule has 0 radical (unpaired) electrons. The number of carbonyl (C=O) groups is 1. The summed E-state index contributed by atoms with van der Waals surface area (Å²) in [5.74, 6) is -0.725. The largest absolute Gasteiger partial charge is 0.416 e. The Hall–Kier alpha value is -1.61. The number of rotatable bonds is 4. The van der Waals surface area contributed by atoms with E-state index < -0.39 is 34.2 Å². The van der Waals surface area contributed by atoms with Gasteiger partial charge in [0, 0.05) is 12.7 Å². The van der Waals surface area contributed by atoms with Crippen LogP contribution >= 0.6 is 0 Å². The zero-order chi connectivity index (χ0) is 15.6. The molecule has 1 N–H and O–H groups in total. The maximum atomic E-state index is 12.5. The van der Waals surface area contributed by atoms with Crippen molar-refractivity contribution in [3.05, 3.63) is 29.8 Å². The molecule has 0 unspecified atom stereocenters. The van der Waals surface area contributed by atoms with Crippen LogP contribution in [-0.4, -0.2) is 38.5 Å². The number of anilines is 1. The van der Waals surface area contributed by atoms with Gasteiger partial charge in [0.1, 0.15) is 0 Å². The number of nitrogens with one attached hydrogen (secondary N) is 1. The van der Waals surface area contributed by atoms with Crippen molar-refractivity contribution in [2.45, 2.75) is 6.18 Å². The average molecular weight is 310 g/mol. The van der Waals surface area contributed by atoms with Crippen molar-refractivity contribution in [3.8, 4) is 0 Å². The van der Waals surface area contributed by atoms with Gasteiger partial charge < -0.3 is 5.32 Å². The van der Waals surface area contributed by atoms with Gasteiger partial charge in [0.15, 0.2) is 0 Å². The summed E-state index contributed by atoms with van der Waals surface area (Å²) in [5.41, 5.74) is -0.946. The first kappa shape index (κ1) is 16.4. The molecule has 0 saturated carbocycles. The van der Waals surface area contributed by atoms with Gasteiger partial charge in [-0.1, -0.05) is 6.07 Å². The molecule has 1 aromatic carbocycles. The van der Waals surface area contributed by atoms with Gasteiger partial charge in [0.25, 0.3) is 0 Å². The summed E-state index contributed by atoms with van der Waals surface area (Å²) in [6.07, 6.45) is -3.59. The van der Waals surface area contributed by atoms with E-state index in [0.717, 1.165) is 28.8 Å². The lowest BCUT2D eigenvalue weighted by Gasteiger charge is -2.14. The molecule has 0 heterocycles. The molecule has 0 aliphatic heterocycles. The van der Waals surface area contributed by atoms with Crippen LogP contribution in [0.5, 0.6) is 0 Å². The van der Waals surface area contributed by atoms with E-state index in [-0.39, 0.29) is 5.69 Å². The van der Waals surface area contributed by atoms with E-state index in [0.29, 0.717) is 0 Å². The highest BCUT2D eigenvalue weighted by Crippen LogP contribution is 2.30. The minimum Gasteiger partial charge on any atom is -0.325 e. The van der Waals surface area contributed by atoms with E-state index in [4.69, 9.17) is 0 Å². The van der Waals surface area contributed by atoms with Crippen molar-refractivity contribution >= 4 is 21.6 Å². The van der Waals surface area contributed by atoms with Crippen LogP contribution in [0, 0.1) is 0 Å². The third kappa shape index (κ3) is 4.82. The molecular weight excluding hydrogens is 297 g/mol. The SMILES string of the molecule is CN(CC(=O)Nc1cccc(C(F)(F)F)c1)S(C)(=O)=O. The molecule has 0 bridgehead atoms. The molecule has 0 aliphatic carbocycles. The van der Waals surface area contributed by atoms with Crippen molar-refractivity contribution in [2.24, 2.45) is 0 Å². The number of benzene rings is 1. The fourth-order valence-electron chi connectivity index (χ4n) is 1.29. The molecule has 1 amide bonds. The highest BCUT2D eigenvalue weighted by Gasteiger charge is 2.30. The first-order chi connectivity index (χ1) is 9.00. The van der Waals surface area contributed by atoms with Crippen LogP contribution in [0.3, 0.4) is 0 Å². The molecule has 0 spiro atoms. The van der Waals surface area contributed by atoms with Crippen LogP contribution in [-0.2, 0) is 21.0 Å². The molecule has 1 rings (SSSR count). The molecular formula is C11H13F3N2O3S. The van der Waals surface area contributed by atoms with E-state index in [1.165, 1.54) is 13.1 Å². The van der Waals surface area contributed by atoms with Crippen LogP contribution in [0.1, 0.15) is 5.56 Å². The topological polar surface area (TPSA) is 66.5 Å². The van der Waals surface area contributed by atoms with E-state index in [1.54, 1.807) is 0 Å². The Morgan fingerprint density at radius 3 is 2.45 bits per heavy atom. The monoisotopic (exact) mass is 310 g/mol. The summed E-state index contributed by atoms with van der Waals surface area (Å²) in [6.45, 7) is -0.477. The average Bonchev–Trinajstić information content (AvgIpc) is 2.26. The smallest absolute Gasteiger partial charge is 0.325 e. The lowest BCUT2D eigenvalue weighted by molar-refractivity contribution is -0.137. The Balaban J connectivity index is 2.77. The lowest BCUT2D eigenvalue weighted by atomic mass is 10.2. The van der Waals surface area contributed by atoms with Gasteiger partial charge in [-0.25, -0.2) is 8.42 Å². The molecule has 9 heteroatoms. The number of halogens is 3. The number of nitrogens with zero attached hydrogens (tertiary/aromatic N) is 1. The van der Waals surface area contributed by atoms with Gasteiger partial charge in [-0.2, -0.15) is 17.5 Å². The first-order valence-electron chi connectivity index (χ1n) is 5.38. The number of alkyl halides is 3. The third-order valence-corrected chi connectivity index (χ3v) is 3.67. The molecule has 0 aliphatic rings. The van der Waals surface area contributed by atoms with Gasteiger partial charge in [-0.05, 0) is 18.2 Å². The minimum absolute atomic E-state index is 0.0493. The van der Waals surface area contributed by atoms with Gasteiger partial charge >= 0.3 is 6.18 Å². The Morgan fingerprint density at radius 1 is 1.35 bits per heavy atom. The minimum atomic E-state index is -4.51. The molecule has 0 fully saturated rings. The second kappa shape index (κ2) is 5.80. The number of sulfonamides is 1. The fraction of sp³-hybridized carbons (Fsp3) is 0.364. The molecule has 0 saturated heterocycles. The van der Waals surface area contributed by atoms with Crippen molar-refractivity contribution < 1.29 is 26.4 Å². The van der Waals surface area contributed by atoms with Crippen molar-refractivity contribution in [1.29, 1.82) is 0 Å². The predicted molar refractivity (Wildman–Crippen MR) is 67.5 cm³/mol. The normalized spacial score (nSPS) is 12.5. The Labute approximate surface area is 114 Å². The maximum Gasteiger partial charge on any atom is 0.416 e. The summed E-state index contributed by atoms with van der Waals surface area (Å²) >= 11 is 0. The zero-order valence-corrected chi connectivity index (χ0v) is 11.5. The number of hydrogen-bond donors (Lipinski definition) is 1. The van der Waals surface area contributed by atoms with Crippen LogP contribution < -0.4 is 5.32 Å². The quantitative estimate of drug-likeness (QED) is 0.917. The first-order valence-corrected chi connectivity index (χ1v) is 7.23. The van der Waals surface area contributed by atoms with Gasteiger partial charge in [-0.15, -0.1) is 0 Å². The van der Waals surface area contributed by atoms with E-state index in [9.17, 15) is 26.4 Å². The second-order valence-electron chi connectivity index (χ2n) is 4.15. The molecule has 0 aromatic heterocycles. The van der Waals surface area contributed by atoms with Crippen molar-refractivity contribution in [1.82, 2.24) is 4.31 Å².